The number of ether oxygens (including phenoxy) is 3. The highest BCUT2D eigenvalue weighted by Crippen LogP contribution is 2.28. The second-order valence-corrected chi connectivity index (χ2v) is 3.48. The summed E-state index contributed by atoms with van der Waals surface area (Å²) in [4.78, 5) is 17.3. The van der Waals surface area contributed by atoms with Gasteiger partial charge < -0.3 is 19.9 Å². The Bertz CT molecular complexity index is 415. The first-order valence-electron chi connectivity index (χ1n) is 5.61. The Morgan fingerprint density at radius 1 is 1.32 bits per heavy atom. The molecular weight excluding hydrogens is 256 g/mol. The fraction of sp³-hybridized carbons (Fsp3) is 0.600. The van der Waals surface area contributed by atoms with Gasteiger partial charge >= 0.3 is 5.69 Å². The molecule has 0 unspecified atom stereocenters. The first-order chi connectivity index (χ1) is 9.16. The van der Waals surface area contributed by atoms with Crippen molar-refractivity contribution in [1.29, 1.82) is 0 Å². The van der Waals surface area contributed by atoms with Gasteiger partial charge in [-0.15, -0.1) is 0 Å². The fourth-order valence-electron chi connectivity index (χ4n) is 1.23. The van der Waals surface area contributed by atoms with Gasteiger partial charge in [0.05, 0.1) is 24.7 Å². The first-order valence-corrected chi connectivity index (χ1v) is 5.61. The second kappa shape index (κ2) is 8.16. The molecule has 0 saturated heterocycles. The number of nitrogens with zero attached hydrogens (tertiary/aromatic N) is 3. The van der Waals surface area contributed by atoms with E-state index in [4.69, 9.17) is 19.9 Å². The smallest absolute Gasteiger partial charge is 0.372 e. The van der Waals surface area contributed by atoms with E-state index in [0.29, 0.717) is 26.2 Å². The number of anilines is 1. The molecule has 0 aromatic carbocycles. The van der Waals surface area contributed by atoms with Crippen LogP contribution in [0.1, 0.15) is 6.42 Å². The molecule has 2 N–H and O–H groups in total. The van der Waals surface area contributed by atoms with Gasteiger partial charge in [-0.05, 0) is 0 Å². The molecule has 0 amide bonds. The van der Waals surface area contributed by atoms with Crippen molar-refractivity contribution in [2.45, 2.75) is 6.42 Å². The number of hydrogen-bond acceptors (Lipinski definition) is 8. The average molecular weight is 272 g/mol. The summed E-state index contributed by atoms with van der Waals surface area (Å²) in [5, 5.41) is 10.8. The van der Waals surface area contributed by atoms with Crippen molar-refractivity contribution in [3.8, 4) is 5.88 Å². The van der Waals surface area contributed by atoms with Crippen molar-refractivity contribution in [3.05, 3.63) is 16.4 Å². The summed E-state index contributed by atoms with van der Waals surface area (Å²) in [5.41, 5.74) is 4.98. The molecule has 0 atom stereocenters. The molecule has 0 saturated carbocycles. The third-order valence-corrected chi connectivity index (χ3v) is 2.10. The second-order valence-electron chi connectivity index (χ2n) is 3.48. The van der Waals surface area contributed by atoms with Crippen molar-refractivity contribution in [2.75, 3.05) is 39.3 Å². The van der Waals surface area contributed by atoms with Crippen LogP contribution in [0.3, 0.4) is 0 Å². The predicted molar refractivity (Wildman–Crippen MR) is 65.9 cm³/mol. The van der Waals surface area contributed by atoms with E-state index in [2.05, 4.69) is 9.97 Å². The molecule has 0 aliphatic heterocycles. The Morgan fingerprint density at radius 2 is 2.11 bits per heavy atom. The lowest BCUT2D eigenvalue weighted by Gasteiger charge is -2.06. The van der Waals surface area contributed by atoms with Gasteiger partial charge in [0, 0.05) is 20.1 Å². The van der Waals surface area contributed by atoms with E-state index >= 15 is 0 Å². The normalized spacial score (nSPS) is 10.4. The molecule has 106 valence electrons. The van der Waals surface area contributed by atoms with Gasteiger partial charge in [0.1, 0.15) is 6.33 Å². The molecule has 1 aromatic heterocycles. The summed E-state index contributed by atoms with van der Waals surface area (Å²) in [7, 11) is 1.59. The van der Waals surface area contributed by atoms with E-state index in [0.717, 1.165) is 6.33 Å². The van der Waals surface area contributed by atoms with E-state index in [1.54, 1.807) is 7.11 Å². The van der Waals surface area contributed by atoms with Crippen molar-refractivity contribution in [2.24, 2.45) is 0 Å². The van der Waals surface area contributed by atoms with Crippen molar-refractivity contribution >= 4 is 11.5 Å². The number of methoxy groups -OCH3 is 1. The Kier molecular flexibility index (Phi) is 6.47. The molecule has 1 rings (SSSR count). The summed E-state index contributed by atoms with van der Waals surface area (Å²) in [6, 6.07) is 0. The highest BCUT2D eigenvalue weighted by Gasteiger charge is 2.22. The minimum atomic E-state index is -0.667. The molecule has 9 nitrogen and oxygen atoms in total. The third kappa shape index (κ3) is 5.02. The molecule has 0 aliphatic carbocycles. The van der Waals surface area contributed by atoms with E-state index in [-0.39, 0.29) is 18.3 Å². The van der Waals surface area contributed by atoms with Crippen LogP contribution in [-0.4, -0.2) is 48.4 Å². The van der Waals surface area contributed by atoms with Crippen LogP contribution in [0.25, 0.3) is 0 Å². The maximum atomic E-state index is 10.8. The van der Waals surface area contributed by atoms with E-state index in [1.165, 1.54) is 0 Å². The van der Waals surface area contributed by atoms with Gasteiger partial charge in [0.25, 0.3) is 5.88 Å². The van der Waals surface area contributed by atoms with Crippen LogP contribution in [-0.2, 0) is 9.47 Å². The molecule has 0 spiro atoms. The Labute approximate surface area is 109 Å². The fourth-order valence-corrected chi connectivity index (χ4v) is 1.23. The first kappa shape index (κ1) is 15.1. The lowest BCUT2D eigenvalue weighted by Crippen LogP contribution is -2.09. The summed E-state index contributed by atoms with van der Waals surface area (Å²) in [6.45, 7) is 1.73. The Morgan fingerprint density at radius 3 is 2.79 bits per heavy atom. The molecule has 0 bridgehead atoms. The summed E-state index contributed by atoms with van der Waals surface area (Å²) < 4.78 is 15.2. The quantitative estimate of drug-likeness (QED) is 0.389. The average Bonchev–Trinajstić information content (AvgIpc) is 2.37. The monoisotopic (exact) mass is 272 g/mol. The zero-order valence-electron chi connectivity index (χ0n) is 10.6. The van der Waals surface area contributed by atoms with Crippen LogP contribution >= 0.6 is 0 Å². The number of aromatic nitrogens is 2. The topological polar surface area (TPSA) is 123 Å². The van der Waals surface area contributed by atoms with E-state index < -0.39 is 10.6 Å². The van der Waals surface area contributed by atoms with Gasteiger partial charge in [-0.1, -0.05) is 0 Å². The van der Waals surface area contributed by atoms with Crippen LogP contribution < -0.4 is 10.5 Å². The number of nitro groups is 1. The SMILES string of the molecule is COCCOCCCOc1ncnc(N)c1[N+](=O)[O-]. The van der Waals surface area contributed by atoms with Crippen LogP contribution in [0, 0.1) is 10.1 Å². The number of hydrogen-bond donors (Lipinski definition) is 1. The molecule has 1 aromatic rings. The Balaban J connectivity index is 2.37. The third-order valence-electron chi connectivity index (χ3n) is 2.10. The highest BCUT2D eigenvalue weighted by molar-refractivity contribution is 5.57. The molecular formula is C10H16N4O5. The summed E-state index contributed by atoms with van der Waals surface area (Å²) in [5.74, 6) is -0.347. The summed E-state index contributed by atoms with van der Waals surface area (Å²) >= 11 is 0. The molecule has 0 aliphatic rings. The van der Waals surface area contributed by atoms with Crippen molar-refractivity contribution in [1.82, 2.24) is 9.97 Å². The number of rotatable bonds is 9. The molecule has 0 fully saturated rings. The lowest BCUT2D eigenvalue weighted by molar-refractivity contribution is -0.385. The lowest BCUT2D eigenvalue weighted by atomic mass is 10.4. The minimum absolute atomic E-state index is 0.130. The van der Waals surface area contributed by atoms with Gasteiger partial charge in [-0.2, -0.15) is 4.98 Å². The minimum Gasteiger partial charge on any atom is -0.473 e. The standard InChI is InChI=1S/C10H16N4O5/c1-17-5-6-18-3-2-4-19-10-8(14(15)16)9(11)12-7-13-10/h7H,2-6H2,1H3,(H2,11,12,13). The maximum absolute atomic E-state index is 10.8. The predicted octanol–water partition coefficient (Wildman–Crippen LogP) is 0.399. The Hall–Kier alpha value is -2.00. The van der Waals surface area contributed by atoms with Crippen LogP contribution in [0.4, 0.5) is 11.5 Å². The van der Waals surface area contributed by atoms with Gasteiger partial charge in [0.15, 0.2) is 0 Å². The largest absolute Gasteiger partial charge is 0.473 e. The number of nitrogens with two attached hydrogens (primary N) is 1. The molecule has 9 heteroatoms. The van der Waals surface area contributed by atoms with Gasteiger partial charge in [-0.3, -0.25) is 10.1 Å². The number of nitrogen functional groups attached to an aromatic ring is 1. The molecule has 19 heavy (non-hydrogen) atoms. The summed E-state index contributed by atoms with van der Waals surface area (Å²) in [6.07, 6.45) is 1.69. The zero-order valence-corrected chi connectivity index (χ0v) is 10.6. The van der Waals surface area contributed by atoms with Gasteiger partial charge in [-0.25, -0.2) is 4.98 Å². The van der Waals surface area contributed by atoms with Crippen LogP contribution in [0.2, 0.25) is 0 Å². The molecule has 1 heterocycles. The van der Waals surface area contributed by atoms with Crippen LogP contribution in [0.5, 0.6) is 5.88 Å². The van der Waals surface area contributed by atoms with Crippen molar-refractivity contribution in [3.63, 3.8) is 0 Å². The highest BCUT2D eigenvalue weighted by atomic mass is 16.6. The maximum Gasteiger partial charge on any atom is 0.372 e. The van der Waals surface area contributed by atoms with E-state index in [9.17, 15) is 10.1 Å². The molecule has 0 radical (unpaired) electrons. The van der Waals surface area contributed by atoms with Crippen molar-refractivity contribution < 1.29 is 19.1 Å². The zero-order chi connectivity index (χ0) is 14.1. The van der Waals surface area contributed by atoms with Crippen LogP contribution in [0.15, 0.2) is 6.33 Å². The van der Waals surface area contributed by atoms with E-state index in [1.807, 2.05) is 0 Å². The van der Waals surface area contributed by atoms with Gasteiger partial charge in [0.2, 0.25) is 5.82 Å².